The highest BCUT2D eigenvalue weighted by atomic mass is 127. The Morgan fingerprint density at radius 2 is 2.14 bits per heavy atom. The van der Waals surface area contributed by atoms with Crippen LogP contribution in [0.1, 0.15) is 5.56 Å². The minimum Gasteiger partial charge on any atom is -0.506 e. The lowest BCUT2D eigenvalue weighted by atomic mass is 10.2. The number of nitrogens with zero attached hydrogens (tertiary/aromatic N) is 1. The molecule has 0 spiro atoms. The summed E-state index contributed by atoms with van der Waals surface area (Å²) in [6.45, 7) is -0.454. The quantitative estimate of drug-likeness (QED) is 0.508. The summed E-state index contributed by atoms with van der Waals surface area (Å²) in [5.74, 6) is -1.35. The molecule has 3 amide bonds. The second kappa shape index (κ2) is 6.36. The molecule has 21 heavy (non-hydrogen) atoms. The van der Waals surface area contributed by atoms with Crippen LogP contribution >= 0.6 is 50.3 Å². The van der Waals surface area contributed by atoms with Gasteiger partial charge in [0.2, 0.25) is 5.91 Å². The molecule has 110 valence electrons. The molecular formula is C12H8BrIN2O4S. The third-order valence-corrected chi connectivity index (χ3v) is 4.72. The van der Waals surface area contributed by atoms with Crippen molar-refractivity contribution in [1.82, 2.24) is 4.90 Å². The van der Waals surface area contributed by atoms with E-state index < -0.39 is 23.6 Å². The average molecular weight is 483 g/mol. The van der Waals surface area contributed by atoms with Gasteiger partial charge in [-0.25, -0.2) is 0 Å². The van der Waals surface area contributed by atoms with Gasteiger partial charge < -0.3 is 10.8 Å². The van der Waals surface area contributed by atoms with Gasteiger partial charge >= 0.3 is 0 Å². The molecule has 0 bridgehead atoms. The largest absolute Gasteiger partial charge is 0.506 e. The summed E-state index contributed by atoms with van der Waals surface area (Å²) in [7, 11) is 0. The van der Waals surface area contributed by atoms with Crippen LogP contribution in [0.4, 0.5) is 4.79 Å². The molecule has 2 rings (SSSR count). The first-order valence-corrected chi connectivity index (χ1v) is 8.20. The monoisotopic (exact) mass is 482 g/mol. The fourth-order valence-corrected chi connectivity index (χ4v) is 4.01. The maximum Gasteiger partial charge on any atom is 0.294 e. The number of halogens is 2. The third-order valence-electron chi connectivity index (χ3n) is 2.53. The van der Waals surface area contributed by atoms with Gasteiger partial charge in [0, 0.05) is 10.0 Å². The summed E-state index contributed by atoms with van der Waals surface area (Å²) >= 11 is 5.95. The minimum atomic E-state index is -0.765. The highest BCUT2D eigenvalue weighted by Crippen LogP contribution is 2.36. The number of carbonyl (C=O) groups excluding carboxylic acids is 3. The molecule has 1 aliphatic rings. The van der Waals surface area contributed by atoms with Crippen LogP contribution in [-0.4, -0.2) is 33.6 Å². The molecule has 1 aromatic rings. The number of thioether (sulfide) groups is 1. The van der Waals surface area contributed by atoms with Gasteiger partial charge in [-0.1, -0.05) is 15.9 Å². The number of phenols is 1. The highest BCUT2D eigenvalue weighted by molar-refractivity contribution is 14.1. The standard InChI is InChI=1S/C12H8BrIN2O4S/c13-6-1-5(10(18)7(14)3-6)2-8-11(19)16(4-9(15)17)12(20)21-8/h1-3,18H,4H2,(H2,15,17)/b8-2-. The molecular weight excluding hydrogens is 475 g/mol. The van der Waals surface area contributed by atoms with Gasteiger partial charge in [0.05, 0.1) is 8.48 Å². The van der Waals surface area contributed by atoms with Crippen LogP contribution in [0.5, 0.6) is 5.75 Å². The smallest absolute Gasteiger partial charge is 0.294 e. The normalized spacial score (nSPS) is 16.9. The molecule has 1 heterocycles. The number of carbonyl (C=O) groups is 3. The van der Waals surface area contributed by atoms with Crippen LogP contribution in [0, 0.1) is 3.57 Å². The molecule has 1 saturated heterocycles. The Morgan fingerprint density at radius 1 is 1.48 bits per heavy atom. The predicted molar refractivity (Wildman–Crippen MR) is 90.4 cm³/mol. The molecule has 1 aromatic carbocycles. The predicted octanol–water partition coefficient (Wildman–Crippen LogP) is 2.28. The summed E-state index contributed by atoms with van der Waals surface area (Å²) in [5, 5.41) is 9.42. The van der Waals surface area contributed by atoms with E-state index in [0.717, 1.165) is 9.37 Å². The zero-order chi connectivity index (χ0) is 15.7. The van der Waals surface area contributed by atoms with E-state index in [9.17, 15) is 19.5 Å². The number of rotatable bonds is 3. The van der Waals surface area contributed by atoms with E-state index in [1.54, 1.807) is 12.1 Å². The summed E-state index contributed by atoms with van der Waals surface area (Å²) < 4.78 is 1.33. The molecule has 0 atom stereocenters. The van der Waals surface area contributed by atoms with Crippen molar-refractivity contribution < 1.29 is 19.5 Å². The maximum absolute atomic E-state index is 12.0. The molecule has 0 saturated carbocycles. The van der Waals surface area contributed by atoms with Crippen LogP contribution in [0.3, 0.4) is 0 Å². The highest BCUT2D eigenvalue weighted by Gasteiger charge is 2.36. The topological polar surface area (TPSA) is 101 Å². The van der Waals surface area contributed by atoms with Gasteiger partial charge in [0.15, 0.2) is 0 Å². The van der Waals surface area contributed by atoms with E-state index in [-0.39, 0.29) is 10.7 Å². The van der Waals surface area contributed by atoms with Crippen LogP contribution in [0.2, 0.25) is 0 Å². The van der Waals surface area contributed by atoms with Crippen LogP contribution < -0.4 is 5.73 Å². The second-order valence-electron chi connectivity index (χ2n) is 4.06. The van der Waals surface area contributed by atoms with Gasteiger partial charge in [0.1, 0.15) is 12.3 Å². The minimum absolute atomic E-state index is 0.0144. The second-order valence-corrected chi connectivity index (χ2v) is 7.13. The summed E-state index contributed by atoms with van der Waals surface area (Å²) in [5.41, 5.74) is 5.40. The third kappa shape index (κ3) is 3.58. The number of aromatic hydroxyl groups is 1. The zero-order valence-electron chi connectivity index (χ0n) is 10.3. The molecule has 3 N–H and O–H groups in total. The molecule has 0 aliphatic carbocycles. The van der Waals surface area contributed by atoms with E-state index in [1.807, 2.05) is 22.6 Å². The number of primary amides is 1. The first kappa shape index (κ1) is 16.3. The Kier molecular flexibility index (Phi) is 4.94. The van der Waals surface area contributed by atoms with Crippen molar-refractivity contribution in [2.75, 3.05) is 6.54 Å². The number of phenolic OH excluding ortho intramolecular Hbond substituents is 1. The zero-order valence-corrected chi connectivity index (χ0v) is 14.9. The number of hydrogen-bond donors (Lipinski definition) is 2. The lowest BCUT2D eigenvalue weighted by Gasteiger charge is -2.08. The van der Waals surface area contributed by atoms with Crippen molar-refractivity contribution in [3.63, 3.8) is 0 Å². The van der Waals surface area contributed by atoms with E-state index in [2.05, 4.69) is 15.9 Å². The number of benzene rings is 1. The molecule has 0 aromatic heterocycles. The van der Waals surface area contributed by atoms with Crippen LogP contribution in [0.25, 0.3) is 6.08 Å². The first-order valence-electron chi connectivity index (χ1n) is 5.51. The number of hydrogen-bond acceptors (Lipinski definition) is 5. The fourth-order valence-electron chi connectivity index (χ4n) is 1.63. The van der Waals surface area contributed by atoms with Crippen LogP contribution in [-0.2, 0) is 9.59 Å². The van der Waals surface area contributed by atoms with Gasteiger partial charge in [0.25, 0.3) is 11.1 Å². The van der Waals surface area contributed by atoms with Crippen molar-refractivity contribution in [3.05, 3.63) is 30.6 Å². The molecule has 1 aliphatic heterocycles. The molecule has 1 fully saturated rings. The van der Waals surface area contributed by atoms with E-state index in [4.69, 9.17) is 5.73 Å². The van der Waals surface area contributed by atoms with Gasteiger partial charge in [-0.15, -0.1) is 0 Å². The fraction of sp³-hybridized carbons (Fsp3) is 0.0833. The Labute approximate surface area is 146 Å². The molecule has 0 radical (unpaired) electrons. The van der Waals surface area contributed by atoms with Gasteiger partial charge in [-0.05, 0) is 52.6 Å². The molecule has 9 heteroatoms. The number of imide groups is 1. The van der Waals surface area contributed by atoms with Crippen molar-refractivity contribution >= 4 is 73.4 Å². The lowest BCUT2D eigenvalue weighted by Crippen LogP contribution is -2.36. The summed E-state index contributed by atoms with van der Waals surface area (Å²) in [6, 6.07) is 3.34. The maximum atomic E-state index is 12.0. The summed E-state index contributed by atoms with van der Waals surface area (Å²) in [6.07, 6.45) is 1.41. The molecule has 0 unspecified atom stereocenters. The summed E-state index contributed by atoms with van der Waals surface area (Å²) in [4.78, 5) is 35.5. The van der Waals surface area contributed by atoms with E-state index >= 15 is 0 Å². The van der Waals surface area contributed by atoms with Crippen LogP contribution in [0.15, 0.2) is 21.5 Å². The van der Waals surface area contributed by atoms with E-state index in [1.165, 1.54) is 6.08 Å². The van der Waals surface area contributed by atoms with Gasteiger partial charge in [-0.2, -0.15) is 0 Å². The Balaban J connectivity index is 2.37. The van der Waals surface area contributed by atoms with Crippen molar-refractivity contribution in [1.29, 1.82) is 0 Å². The van der Waals surface area contributed by atoms with Crippen molar-refractivity contribution in [3.8, 4) is 5.75 Å². The Bertz CT molecular complexity index is 692. The van der Waals surface area contributed by atoms with Gasteiger partial charge in [-0.3, -0.25) is 19.3 Å². The average Bonchev–Trinajstić information content (AvgIpc) is 2.63. The SMILES string of the molecule is NC(=O)CN1C(=O)S/C(=C\c2cc(Br)cc(I)c2O)C1=O. The van der Waals surface area contributed by atoms with E-state index in [0.29, 0.717) is 20.9 Å². The number of amides is 3. The Hall–Kier alpha value is -1.07. The lowest BCUT2D eigenvalue weighted by molar-refractivity contribution is -0.127. The van der Waals surface area contributed by atoms with Crippen molar-refractivity contribution in [2.24, 2.45) is 5.73 Å². The number of nitrogens with two attached hydrogens (primary N) is 1. The first-order chi connectivity index (χ1) is 9.79. The molecule has 6 nitrogen and oxygen atoms in total. The van der Waals surface area contributed by atoms with Crippen molar-refractivity contribution in [2.45, 2.75) is 0 Å². The Morgan fingerprint density at radius 3 is 2.76 bits per heavy atom.